The summed E-state index contributed by atoms with van der Waals surface area (Å²) >= 11 is 0. The van der Waals surface area contributed by atoms with Gasteiger partial charge in [0.15, 0.2) is 0 Å². The van der Waals surface area contributed by atoms with Crippen LogP contribution >= 0.6 is 0 Å². The smallest absolute Gasteiger partial charge is 0.145 e. The Bertz CT molecular complexity index is 2080. The van der Waals surface area contributed by atoms with Crippen LogP contribution in [0.5, 0.6) is 0 Å². The first-order valence-corrected chi connectivity index (χ1v) is 14.2. The van der Waals surface area contributed by atoms with E-state index in [0.717, 1.165) is 43.8 Å². The second-order valence-corrected chi connectivity index (χ2v) is 12.4. The molecular formula is C37H35N4OPt-. The Labute approximate surface area is 272 Å². The SMILES string of the molecule is [2H]C([2H])([2H])N1[OH+]N(c2[c-]c(C(C)(C)c3[c-]c4c(cc3)c3ccccc3n4-c3cc(C(C)(C)C)ccn3)ccc2)c2ccccc21.[Pt]. The molecule has 0 bridgehead atoms. The molecule has 0 aliphatic carbocycles. The summed E-state index contributed by atoms with van der Waals surface area (Å²) in [5.41, 5.74) is 6.59. The van der Waals surface area contributed by atoms with Gasteiger partial charge in [0.05, 0.1) is 11.1 Å². The van der Waals surface area contributed by atoms with Gasteiger partial charge in [-0.3, -0.25) is 0 Å². The molecule has 0 atom stereocenters. The number of anilines is 3. The Morgan fingerprint density at radius 2 is 1.51 bits per heavy atom. The maximum atomic E-state index is 8.01. The van der Waals surface area contributed by atoms with Gasteiger partial charge in [-0.15, -0.1) is 27.6 Å². The van der Waals surface area contributed by atoms with Crippen LogP contribution in [0.15, 0.2) is 97.2 Å². The van der Waals surface area contributed by atoms with Crippen molar-refractivity contribution in [1.82, 2.24) is 9.55 Å². The number of nitrogens with zero attached hydrogens (tertiary/aromatic N) is 4. The van der Waals surface area contributed by atoms with Gasteiger partial charge in [-0.1, -0.05) is 70.5 Å². The Morgan fingerprint density at radius 3 is 2.30 bits per heavy atom. The van der Waals surface area contributed by atoms with E-state index in [9.17, 15) is 0 Å². The quantitative estimate of drug-likeness (QED) is 0.134. The molecule has 43 heavy (non-hydrogen) atoms. The van der Waals surface area contributed by atoms with Crippen molar-refractivity contribution in [2.75, 3.05) is 17.1 Å². The minimum atomic E-state index is -2.41. The first kappa shape index (κ1) is 25.6. The van der Waals surface area contributed by atoms with Gasteiger partial charge in [-0.05, 0) is 52.1 Å². The second kappa shape index (κ2) is 10.7. The first-order chi connectivity index (χ1) is 21.3. The maximum absolute atomic E-state index is 8.01. The summed E-state index contributed by atoms with van der Waals surface area (Å²) in [5.74, 6) is 0.863. The number of para-hydroxylation sites is 3. The third-order valence-electron chi connectivity index (χ3n) is 8.30. The Hall–Kier alpha value is -3.92. The molecule has 1 N–H and O–H groups in total. The van der Waals surface area contributed by atoms with E-state index < -0.39 is 12.4 Å². The van der Waals surface area contributed by atoms with Crippen molar-refractivity contribution >= 4 is 38.9 Å². The van der Waals surface area contributed by atoms with Crippen molar-refractivity contribution in [2.24, 2.45) is 0 Å². The molecule has 0 spiro atoms. The average Bonchev–Trinajstić information content (AvgIpc) is 3.57. The van der Waals surface area contributed by atoms with E-state index in [2.05, 4.69) is 111 Å². The van der Waals surface area contributed by atoms with Crippen LogP contribution in [0.25, 0.3) is 27.6 Å². The molecule has 220 valence electrons. The van der Waals surface area contributed by atoms with E-state index in [1.807, 2.05) is 36.5 Å². The molecule has 0 saturated heterocycles. The molecular weight excluding hydrogens is 712 g/mol. The Morgan fingerprint density at radius 1 is 0.767 bits per heavy atom. The third kappa shape index (κ3) is 4.85. The molecule has 2 aromatic heterocycles. The summed E-state index contributed by atoms with van der Waals surface area (Å²) in [4.78, 5) is 9.30. The molecule has 0 unspecified atom stereocenters. The summed E-state index contributed by atoms with van der Waals surface area (Å²) < 4.78 is 26.2. The standard InChI is InChI=1S/C37H34N4O.Pt/c1-36(2,3)25-20-21-38-35(24-25)40-31-15-8-7-14-29(31)30-19-18-27(23-34(30)40)37(4,5)26-12-11-13-28(22-26)41-33-17-10-9-16-32(33)39(6)42-41;/h7-21,24H,1-6H3;/q-2;/p+1/i6D3;. The first-order valence-electron chi connectivity index (χ1n) is 15.7. The van der Waals surface area contributed by atoms with Crippen LogP contribution in [0, 0.1) is 12.1 Å². The van der Waals surface area contributed by atoms with Crippen molar-refractivity contribution in [2.45, 2.75) is 45.4 Å². The number of fused-ring (bicyclic) bond motifs is 4. The summed E-state index contributed by atoms with van der Waals surface area (Å²) in [5, 5.41) is 5.01. The molecule has 7 rings (SSSR count). The normalized spacial score (nSPS) is 14.8. The topological polar surface area (TPSA) is 37.1 Å². The van der Waals surface area contributed by atoms with Gasteiger partial charge < -0.3 is 4.57 Å². The minimum Gasteiger partial charge on any atom is -0.319 e. The van der Waals surface area contributed by atoms with Crippen molar-refractivity contribution in [3.05, 3.63) is 126 Å². The van der Waals surface area contributed by atoms with Crippen LogP contribution in [-0.2, 0) is 31.9 Å². The van der Waals surface area contributed by atoms with Gasteiger partial charge in [0.25, 0.3) is 0 Å². The summed E-state index contributed by atoms with van der Waals surface area (Å²) in [6, 6.07) is 37.6. The number of hydrogen-bond acceptors (Lipinski definition) is 3. The predicted octanol–water partition coefficient (Wildman–Crippen LogP) is 8.83. The average molecular weight is 750 g/mol. The molecule has 3 heterocycles. The van der Waals surface area contributed by atoms with Crippen LogP contribution < -0.4 is 10.1 Å². The summed E-state index contributed by atoms with van der Waals surface area (Å²) in [6.45, 7) is 8.55. The van der Waals surface area contributed by atoms with Gasteiger partial charge in [-0.2, -0.15) is 46.4 Å². The van der Waals surface area contributed by atoms with Gasteiger partial charge >= 0.3 is 0 Å². The maximum Gasteiger partial charge on any atom is 0.145 e. The fourth-order valence-corrected chi connectivity index (χ4v) is 5.78. The van der Waals surface area contributed by atoms with E-state index >= 15 is 0 Å². The van der Waals surface area contributed by atoms with Crippen LogP contribution in [0.4, 0.5) is 17.1 Å². The van der Waals surface area contributed by atoms with Gasteiger partial charge in [0, 0.05) is 38.5 Å². The molecule has 0 saturated carbocycles. The number of rotatable bonds is 4. The van der Waals surface area contributed by atoms with Crippen LogP contribution in [0.3, 0.4) is 0 Å². The largest absolute Gasteiger partial charge is 0.319 e. The molecule has 5 nitrogen and oxygen atoms in total. The van der Waals surface area contributed by atoms with Crippen molar-refractivity contribution < 1.29 is 30.1 Å². The van der Waals surface area contributed by atoms with Crippen molar-refractivity contribution in [3.63, 3.8) is 0 Å². The third-order valence-corrected chi connectivity index (χ3v) is 8.30. The van der Waals surface area contributed by atoms with E-state index in [4.69, 9.17) is 9.10 Å². The molecule has 0 amide bonds. The Balaban J connectivity index is 0.00000372. The Kier molecular flexibility index (Phi) is 6.34. The minimum absolute atomic E-state index is 0. The predicted molar refractivity (Wildman–Crippen MR) is 172 cm³/mol. The van der Waals surface area contributed by atoms with Crippen LogP contribution in [0.1, 0.15) is 55.4 Å². The molecule has 0 radical (unpaired) electrons. The molecule has 6 aromatic rings. The van der Waals surface area contributed by atoms with Crippen LogP contribution in [-0.4, -0.2) is 21.5 Å². The van der Waals surface area contributed by atoms with E-state index in [0.29, 0.717) is 17.1 Å². The zero-order chi connectivity index (χ0) is 31.7. The van der Waals surface area contributed by atoms with Gasteiger partial charge in [-0.25, -0.2) is 4.98 Å². The summed E-state index contributed by atoms with van der Waals surface area (Å²) in [6.07, 6.45) is 1.89. The summed E-state index contributed by atoms with van der Waals surface area (Å²) in [7, 11) is 0. The van der Waals surface area contributed by atoms with E-state index in [-0.39, 0.29) is 26.5 Å². The van der Waals surface area contributed by atoms with E-state index in [1.54, 1.807) is 11.1 Å². The number of benzene rings is 4. The number of pyridine rings is 1. The number of aromatic nitrogens is 2. The monoisotopic (exact) mass is 749 g/mol. The van der Waals surface area contributed by atoms with Crippen molar-refractivity contribution in [1.29, 1.82) is 0 Å². The van der Waals surface area contributed by atoms with E-state index in [1.165, 1.54) is 5.56 Å². The van der Waals surface area contributed by atoms with Gasteiger partial charge in [0.2, 0.25) is 0 Å². The zero-order valence-corrected chi connectivity index (χ0v) is 27.1. The van der Waals surface area contributed by atoms with Crippen LogP contribution in [0.2, 0.25) is 0 Å². The number of hydroxylamine groups is 1. The molecule has 4 aromatic carbocycles. The van der Waals surface area contributed by atoms with Crippen molar-refractivity contribution in [3.8, 4) is 5.82 Å². The van der Waals surface area contributed by atoms with Gasteiger partial charge in [0.1, 0.15) is 17.2 Å². The fraction of sp³-hybridized carbons (Fsp3) is 0.216. The molecule has 0 fully saturated rings. The molecule has 1 aliphatic rings. The zero-order valence-electron chi connectivity index (χ0n) is 27.8. The molecule has 6 heteroatoms. The number of hydrogen-bond donors (Lipinski definition) is 0. The fourth-order valence-electron chi connectivity index (χ4n) is 5.78. The second-order valence-electron chi connectivity index (χ2n) is 12.4. The molecule has 1 aliphatic heterocycles.